The Labute approximate surface area is 122 Å². The van der Waals surface area contributed by atoms with Gasteiger partial charge in [-0.2, -0.15) is 0 Å². The standard InChI is InChI=1S/C18H24O2/c1-15-7-6-11-18(13-15)20-14-17-10-3-2-8-16(17)9-4-5-12-19/h2-3,8,10,15,18-19H,5-7,11-14H2,1H3. The maximum Gasteiger partial charge on any atom is 0.0732 e. The molecule has 0 bridgehead atoms. The van der Waals surface area contributed by atoms with Crippen molar-refractivity contribution in [2.24, 2.45) is 5.92 Å². The normalized spacial score (nSPS) is 22.1. The molecule has 0 spiro atoms. The van der Waals surface area contributed by atoms with Crippen LogP contribution in [0, 0.1) is 17.8 Å². The Kier molecular flexibility index (Phi) is 6.11. The summed E-state index contributed by atoms with van der Waals surface area (Å²) in [7, 11) is 0. The fourth-order valence-corrected chi connectivity index (χ4v) is 2.72. The van der Waals surface area contributed by atoms with Crippen LogP contribution in [-0.2, 0) is 11.3 Å². The third kappa shape index (κ3) is 4.67. The molecule has 108 valence electrons. The lowest BCUT2D eigenvalue weighted by molar-refractivity contribution is 0.00459. The van der Waals surface area contributed by atoms with Crippen LogP contribution >= 0.6 is 0 Å². The topological polar surface area (TPSA) is 29.5 Å². The molecule has 0 aliphatic heterocycles. The molecule has 1 N–H and O–H groups in total. The molecule has 2 nitrogen and oxygen atoms in total. The van der Waals surface area contributed by atoms with Crippen LogP contribution in [0.1, 0.15) is 50.2 Å². The lowest BCUT2D eigenvalue weighted by Gasteiger charge is -2.27. The highest BCUT2D eigenvalue weighted by atomic mass is 16.5. The molecule has 2 heteroatoms. The molecule has 0 heterocycles. The van der Waals surface area contributed by atoms with Crippen LogP contribution in [-0.4, -0.2) is 17.8 Å². The maximum absolute atomic E-state index is 8.78. The van der Waals surface area contributed by atoms with Crippen molar-refractivity contribution in [3.05, 3.63) is 35.4 Å². The summed E-state index contributed by atoms with van der Waals surface area (Å²) < 4.78 is 6.07. The molecule has 1 fully saturated rings. The SMILES string of the molecule is CC1CCCC(OCc2ccccc2C#CCCO)C1. The van der Waals surface area contributed by atoms with Gasteiger partial charge in [-0.3, -0.25) is 0 Å². The summed E-state index contributed by atoms with van der Waals surface area (Å²) >= 11 is 0. The molecular formula is C18H24O2. The van der Waals surface area contributed by atoms with Crippen LogP contribution in [0.5, 0.6) is 0 Å². The minimum atomic E-state index is 0.117. The average Bonchev–Trinajstić information content (AvgIpc) is 2.47. The number of aliphatic hydroxyl groups excluding tert-OH is 1. The molecule has 1 aromatic carbocycles. The van der Waals surface area contributed by atoms with Gasteiger partial charge in [0.2, 0.25) is 0 Å². The number of benzene rings is 1. The molecule has 0 radical (unpaired) electrons. The predicted octanol–water partition coefficient (Wildman–Crippen LogP) is 3.52. The average molecular weight is 272 g/mol. The molecule has 2 rings (SSSR count). The molecule has 1 aliphatic carbocycles. The minimum absolute atomic E-state index is 0.117. The summed E-state index contributed by atoms with van der Waals surface area (Å²) in [5.41, 5.74) is 2.17. The second kappa shape index (κ2) is 8.09. The molecular weight excluding hydrogens is 248 g/mol. The second-order valence-corrected chi connectivity index (χ2v) is 5.64. The van der Waals surface area contributed by atoms with Crippen molar-refractivity contribution in [3.63, 3.8) is 0 Å². The Hall–Kier alpha value is -1.30. The van der Waals surface area contributed by atoms with Gasteiger partial charge < -0.3 is 9.84 Å². The highest BCUT2D eigenvalue weighted by molar-refractivity contribution is 5.40. The number of rotatable bonds is 4. The molecule has 0 aromatic heterocycles. The summed E-state index contributed by atoms with van der Waals surface area (Å²) in [6.45, 7) is 3.07. The first kappa shape index (κ1) is 15.1. The van der Waals surface area contributed by atoms with E-state index in [1.54, 1.807) is 0 Å². The molecule has 20 heavy (non-hydrogen) atoms. The van der Waals surface area contributed by atoms with Crippen molar-refractivity contribution >= 4 is 0 Å². The van der Waals surface area contributed by atoms with Gasteiger partial charge in [0, 0.05) is 12.0 Å². The Bertz CT molecular complexity index is 470. The third-order valence-corrected chi connectivity index (χ3v) is 3.84. The summed E-state index contributed by atoms with van der Waals surface area (Å²) in [6.07, 6.45) is 5.90. The molecule has 0 saturated heterocycles. The fourth-order valence-electron chi connectivity index (χ4n) is 2.72. The second-order valence-electron chi connectivity index (χ2n) is 5.64. The van der Waals surface area contributed by atoms with Crippen LogP contribution in [0.15, 0.2) is 24.3 Å². The molecule has 2 atom stereocenters. The van der Waals surface area contributed by atoms with Crippen molar-refractivity contribution in [1.29, 1.82) is 0 Å². The zero-order valence-electron chi connectivity index (χ0n) is 12.3. The first-order valence-electron chi connectivity index (χ1n) is 7.59. The first-order valence-corrected chi connectivity index (χ1v) is 7.59. The van der Waals surface area contributed by atoms with Gasteiger partial charge in [0.05, 0.1) is 19.3 Å². The minimum Gasteiger partial charge on any atom is -0.395 e. The van der Waals surface area contributed by atoms with Crippen LogP contribution in [0.4, 0.5) is 0 Å². The molecule has 0 amide bonds. The largest absolute Gasteiger partial charge is 0.395 e. The van der Waals surface area contributed by atoms with Gasteiger partial charge in [0.25, 0.3) is 0 Å². The van der Waals surface area contributed by atoms with E-state index in [2.05, 4.69) is 24.8 Å². The predicted molar refractivity (Wildman–Crippen MR) is 81.2 cm³/mol. The Morgan fingerprint density at radius 2 is 2.15 bits per heavy atom. The Morgan fingerprint density at radius 3 is 2.95 bits per heavy atom. The van der Waals surface area contributed by atoms with Crippen molar-refractivity contribution in [1.82, 2.24) is 0 Å². The van der Waals surface area contributed by atoms with Gasteiger partial charge in [-0.15, -0.1) is 0 Å². The van der Waals surface area contributed by atoms with E-state index in [0.717, 1.165) is 17.0 Å². The smallest absolute Gasteiger partial charge is 0.0732 e. The van der Waals surface area contributed by atoms with E-state index in [1.165, 1.54) is 25.7 Å². The zero-order valence-corrected chi connectivity index (χ0v) is 12.3. The van der Waals surface area contributed by atoms with Crippen molar-refractivity contribution in [3.8, 4) is 11.8 Å². The van der Waals surface area contributed by atoms with E-state index in [9.17, 15) is 0 Å². The Balaban J connectivity index is 1.94. The lowest BCUT2D eigenvalue weighted by atomic mass is 9.89. The van der Waals surface area contributed by atoms with Crippen molar-refractivity contribution < 1.29 is 9.84 Å². The van der Waals surface area contributed by atoms with Crippen LogP contribution < -0.4 is 0 Å². The van der Waals surface area contributed by atoms with E-state index in [1.807, 2.05) is 18.2 Å². The van der Waals surface area contributed by atoms with Crippen LogP contribution in [0.3, 0.4) is 0 Å². The summed E-state index contributed by atoms with van der Waals surface area (Å²) in [5, 5.41) is 8.78. The third-order valence-electron chi connectivity index (χ3n) is 3.84. The lowest BCUT2D eigenvalue weighted by Crippen LogP contribution is -2.21. The summed E-state index contributed by atoms with van der Waals surface area (Å²) in [5.74, 6) is 6.89. The van der Waals surface area contributed by atoms with Gasteiger partial charge in [-0.05, 0) is 30.4 Å². The number of ether oxygens (including phenoxy) is 1. The Morgan fingerprint density at radius 1 is 1.30 bits per heavy atom. The first-order chi connectivity index (χ1) is 9.79. The van der Waals surface area contributed by atoms with Crippen molar-refractivity contribution in [2.45, 2.75) is 51.7 Å². The maximum atomic E-state index is 8.78. The van der Waals surface area contributed by atoms with E-state index < -0.39 is 0 Å². The number of hydrogen-bond acceptors (Lipinski definition) is 2. The molecule has 1 saturated carbocycles. The van der Waals surface area contributed by atoms with Crippen molar-refractivity contribution in [2.75, 3.05) is 6.61 Å². The van der Waals surface area contributed by atoms with Crippen LogP contribution in [0.25, 0.3) is 0 Å². The van der Waals surface area contributed by atoms with E-state index in [0.29, 0.717) is 19.1 Å². The molecule has 1 aliphatic rings. The van der Waals surface area contributed by atoms with Gasteiger partial charge in [-0.25, -0.2) is 0 Å². The van der Waals surface area contributed by atoms with Crippen LogP contribution in [0.2, 0.25) is 0 Å². The van der Waals surface area contributed by atoms with Gasteiger partial charge in [0.15, 0.2) is 0 Å². The number of aliphatic hydroxyl groups is 1. The zero-order chi connectivity index (χ0) is 14.2. The number of hydrogen-bond donors (Lipinski definition) is 1. The van der Waals surface area contributed by atoms with Gasteiger partial charge >= 0.3 is 0 Å². The van der Waals surface area contributed by atoms with E-state index >= 15 is 0 Å². The monoisotopic (exact) mass is 272 g/mol. The van der Waals surface area contributed by atoms with Gasteiger partial charge in [0.1, 0.15) is 0 Å². The quantitative estimate of drug-likeness (QED) is 0.850. The van der Waals surface area contributed by atoms with E-state index in [-0.39, 0.29) is 6.61 Å². The molecule has 1 aromatic rings. The fraction of sp³-hybridized carbons (Fsp3) is 0.556. The highest BCUT2D eigenvalue weighted by Crippen LogP contribution is 2.26. The summed E-state index contributed by atoms with van der Waals surface area (Å²) in [4.78, 5) is 0. The van der Waals surface area contributed by atoms with E-state index in [4.69, 9.17) is 9.84 Å². The van der Waals surface area contributed by atoms with Gasteiger partial charge in [-0.1, -0.05) is 49.8 Å². The summed E-state index contributed by atoms with van der Waals surface area (Å²) in [6, 6.07) is 8.12. The molecule has 2 unspecified atom stereocenters. The highest BCUT2D eigenvalue weighted by Gasteiger charge is 2.19.